The van der Waals surface area contributed by atoms with Gasteiger partial charge in [0.1, 0.15) is 5.75 Å². The molecule has 1 amide bonds. The van der Waals surface area contributed by atoms with E-state index in [4.69, 9.17) is 4.74 Å². The van der Waals surface area contributed by atoms with Crippen LogP contribution in [0.5, 0.6) is 5.75 Å². The van der Waals surface area contributed by atoms with E-state index in [0.717, 1.165) is 31.5 Å². The minimum absolute atomic E-state index is 0.00819. The van der Waals surface area contributed by atoms with Crippen molar-refractivity contribution >= 4 is 5.91 Å². The number of piperidine rings is 1. The van der Waals surface area contributed by atoms with Gasteiger partial charge in [0.15, 0.2) is 0 Å². The lowest BCUT2D eigenvalue weighted by atomic mass is 9.98. The summed E-state index contributed by atoms with van der Waals surface area (Å²) in [6.07, 6.45) is 2.82. The molecular weight excluding hydrogens is 304 g/mol. The highest BCUT2D eigenvalue weighted by Gasteiger charge is 2.29. The van der Waals surface area contributed by atoms with Crippen LogP contribution in [0.1, 0.15) is 44.8 Å². The van der Waals surface area contributed by atoms with Crippen molar-refractivity contribution < 1.29 is 14.6 Å². The summed E-state index contributed by atoms with van der Waals surface area (Å²) in [7, 11) is 1.60. The molecule has 0 aliphatic carbocycles. The van der Waals surface area contributed by atoms with Gasteiger partial charge in [-0.1, -0.05) is 32.4 Å². The van der Waals surface area contributed by atoms with Crippen LogP contribution in [0.2, 0.25) is 0 Å². The first-order chi connectivity index (χ1) is 11.5. The Bertz CT molecular complexity index is 527. The molecule has 1 saturated heterocycles. The van der Waals surface area contributed by atoms with E-state index in [-0.39, 0.29) is 24.4 Å². The third-order valence-corrected chi connectivity index (χ3v) is 4.63. The summed E-state index contributed by atoms with van der Waals surface area (Å²) in [6, 6.07) is 7.18. The van der Waals surface area contributed by atoms with Gasteiger partial charge in [-0.05, 0) is 49.5 Å². The number of nitrogens with zero attached hydrogens (tertiary/aromatic N) is 1. The molecule has 24 heavy (non-hydrogen) atoms. The molecule has 1 fully saturated rings. The number of carbonyl (C=O) groups is 1. The van der Waals surface area contributed by atoms with Crippen LogP contribution in [0.25, 0.3) is 0 Å². The van der Waals surface area contributed by atoms with Crippen molar-refractivity contribution in [2.75, 3.05) is 26.7 Å². The number of ether oxygens (including phenoxy) is 1. The number of hydrogen-bond donors (Lipinski definition) is 2. The predicted octanol–water partition coefficient (Wildman–Crippen LogP) is 2.36. The van der Waals surface area contributed by atoms with Crippen molar-refractivity contribution in [1.29, 1.82) is 0 Å². The van der Waals surface area contributed by atoms with Crippen molar-refractivity contribution in [3.05, 3.63) is 29.8 Å². The van der Waals surface area contributed by atoms with Gasteiger partial charge in [-0.15, -0.1) is 0 Å². The summed E-state index contributed by atoms with van der Waals surface area (Å²) in [6.45, 7) is 6.33. The number of hydrogen-bond acceptors (Lipinski definition) is 4. The molecule has 0 spiro atoms. The smallest absolute Gasteiger partial charge is 0.237 e. The highest BCUT2D eigenvalue weighted by Crippen LogP contribution is 2.20. The van der Waals surface area contributed by atoms with Crippen LogP contribution in [0.4, 0.5) is 0 Å². The van der Waals surface area contributed by atoms with E-state index in [0.29, 0.717) is 5.75 Å². The fourth-order valence-electron chi connectivity index (χ4n) is 3.36. The standard InChI is InChI=1S/C19H30N2O3/c1-14(2)18(21-10-5-4-6-11-21)19(23)20-13-17(22)15-8-7-9-16(12-15)24-3/h7-9,12,14,17-18,22H,4-6,10-11,13H2,1-3H3,(H,20,23). The number of aliphatic hydroxyl groups is 1. The first-order valence-corrected chi connectivity index (χ1v) is 8.86. The van der Waals surface area contributed by atoms with Gasteiger partial charge in [0.2, 0.25) is 5.91 Å². The molecule has 1 aromatic rings. The highest BCUT2D eigenvalue weighted by atomic mass is 16.5. The molecule has 0 bridgehead atoms. The Labute approximate surface area is 145 Å². The first-order valence-electron chi connectivity index (χ1n) is 8.86. The Hall–Kier alpha value is -1.59. The summed E-state index contributed by atoms with van der Waals surface area (Å²) in [5.41, 5.74) is 0.744. The van der Waals surface area contributed by atoms with Crippen molar-refractivity contribution in [2.45, 2.75) is 45.3 Å². The van der Waals surface area contributed by atoms with E-state index < -0.39 is 6.10 Å². The average Bonchev–Trinajstić information content (AvgIpc) is 2.60. The van der Waals surface area contributed by atoms with E-state index in [1.54, 1.807) is 13.2 Å². The molecule has 0 radical (unpaired) electrons. The second-order valence-electron chi connectivity index (χ2n) is 6.82. The fourth-order valence-corrected chi connectivity index (χ4v) is 3.36. The molecule has 5 nitrogen and oxygen atoms in total. The topological polar surface area (TPSA) is 61.8 Å². The zero-order valence-electron chi connectivity index (χ0n) is 15.0. The Morgan fingerprint density at radius 2 is 2.00 bits per heavy atom. The number of nitrogens with one attached hydrogen (secondary N) is 1. The van der Waals surface area contributed by atoms with Crippen molar-refractivity contribution in [2.24, 2.45) is 5.92 Å². The molecule has 134 valence electrons. The zero-order valence-corrected chi connectivity index (χ0v) is 15.0. The van der Waals surface area contributed by atoms with Gasteiger partial charge in [-0.25, -0.2) is 0 Å². The maximum atomic E-state index is 12.7. The van der Waals surface area contributed by atoms with E-state index in [2.05, 4.69) is 24.1 Å². The monoisotopic (exact) mass is 334 g/mol. The summed E-state index contributed by atoms with van der Waals surface area (Å²) >= 11 is 0. The summed E-state index contributed by atoms with van der Waals surface area (Å²) < 4.78 is 5.17. The zero-order chi connectivity index (χ0) is 17.5. The Kier molecular flexibility index (Phi) is 7.06. The average molecular weight is 334 g/mol. The lowest BCUT2D eigenvalue weighted by Crippen LogP contribution is -2.52. The van der Waals surface area contributed by atoms with Gasteiger partial charge < -0.3 is 15.2 Å². The van der Waals surface area contributed by atoms with Gasteiger partial charge >= 0.3 is 0 Å². The summed E-state index contributed by atoms with van der Waals surface area (Å²) in [5, 5.41) is 13.3. The molecule has 2 unspecified atom stereocenters. The van der Waals surface area contributed by atoms with Crippen LogP contribution >= 0.6 is 0 Å². The number of aliphatic hydroxyl groups excluding tert-OH is 1. The number of carbonyl (C=O) groups excluding carboxylic acids is 1. The maximum Gasteiger partial charge on any atom is 0.237 e. The Morgan fingerprint density at radius 1 is 1.29 bits per heavy atom. The van der Waals surface area contributed by atoms with Gasteiger partial charge in [0.25, 0.3) is 0 Å². The van der Waals surface area contributed by atoms with E-state index >= 15 is 0 Å². The maximum absolute atomic E-state index is 12.7. The second kappa shape index (κ2) is 9.04. The molecule has 0 aromatic heterocycles. The molecule has 1 aliphatic rings. The van der Waals surface area contributed by atoms with Crippen molar-refractivity contribution in [3.8, 4) is 5.75 Å². The lowest BCUT2D eigenvalue weighted by molar-refractivity contribution is -0.129. The third-order valence-electron chi connectivity index (χ3n) is 4.63. The molecule has 1 aliphatic heterocycles. The number of rotatable bonds is 7. The number of benzene rings is 1. The van der Waals surface area contributed by atoms with Gasteiger partial charge in [0.05, 0.1) is 19.3 Å². The summed E-state index contributed by atoms with van der Waals surface area (Å²) in [4.78, 5) is 14.9. The molecule has 1 heterocycles. The minimum atomic E-state index is -0.738. The minimum Gasteiger partial charge on any atom is -0.497 e. The number of methoxy groups -OCH3 is 1. The highest BCUT2D eigenvalue weighted by molar-refractivity contribution is 5.82. The number of likely N-dealkylation sites (tertiary alicyclic amines) is 1. The normalized spacial score (nSPS) is 18.2. The Morgan fingerprint density at radius 3 is 2.62 bits per heavy atom. The van der Waals surface area contributed by atoms with E-state index in [9.17, 15) is 9.90 Å². The van der Waals surface area contributed by atoms with Gasteiger partial charge in [-0.2, -0.15) is 0 Å². The molecule has 2 N–H and O–H groups in total. The van der Waals surface area contributed by atoms with E-state index in [1.807, 2.05) is 18.2 Å². The SMILES string of the molecule is COc1cccc(C(O)CNC(=O)C(C(C)C)N2CCCCC2)c1. The lowest BCUT2D eigenvalue weighted by Gasteiger charge is -2.36. The van der Waals surface area contributed by atoms with Crippen LogP contribution in [-0.2, 0) is 4.79 Å². The van der Waals surface area contributed by atoms with E-state index in [1.165, 1.54) is 6.42 Å². The molecule has 0 saturated carbocycles. The van der Waals surface area contributed by atoms with Crippen LogP contribution in [0.3, 0.4) is 0 Å². The van der Waals surface area contributed by atoms with Crippen LogP contribution in [0, 0.1) is 5.92 Å². The molecule has 1 aromatic carbocycles. The first kappa shape index (κ1) is 18.7. The Balaban J connectivity index is 1.94. The van der Waals surface area contributed by atoms with Crippen LogP contribution < -0.4 is 10.1 Å². The molecule has 5 heteroatoms. The van der Waals surface area contributed by atoms with Crippen molar-refractivity contribution in [1.82, 2.24) is 10.2 Å². The fraction of sp³-hybridized carbons (Fsp3) is 0.632. The second-order valence-corrected chi connectivity index (χ2v) is 6.82. The largest absolute Gasteiger partial charge is 0.497 e. The molecular formula is C19H30N2O3. The predicted molar refractivity (Wildman–Crippen MR) is 95.0 cm³/mol. The molecule has 2 atom stereocenters. The van der Waals surface area contributed by atoms with Gasteiger partial charge in [0, 0.05) is 6.54 Å². The third kappa shape index (κ3) is 4.95. The van der Waals surface area contributed by atoms with Gasteiger partial charge in [-0.3, -0.25) is 9.69 Å². The quantitative estimate of drug-likeness (QED) is 0.803. The number of amides is 1. The van der Waals surface area contributed by atoms with Crippen molar-refractivity contribution in [3.63, 3.8) is 0 Å². The summed E-state index contributed by atoms with van der Waals surface area (Å²) in [5.74, 6) is 0.956. The molecule has 2 rings (SSSR count). The van der Waals surface area contributed by atoms with Crippen LogP contribution in [0.15, 0.2) is 24.3 Å². The van der Waals surface area contributed by atoms with Crippen LogP contribution in [-0.4, -0.2) is 48.7 Å².